The third kappa shape index (κ3) is 8.55. The zero-order valence-electron chi connectivity index (χ0n) is 20.4. The highest BCUT2D eigenvalue weighted by Crippen LogP contribution is 2.21. The van der Waals surface area contributed by atoms with Crippen LogP contribution in [0.5, 0.6) is 0 Å². The van der Waals surface area contributed by atoms with E-state index in [9.17, 15) is 14.0 Å². The average molecular weight is 493 g/mol. The molecule has 0 saturated carbocycles. The molecule has 0 spiro atoms. The fraction of sp³-hybridized carbons (Fsp3) is 0.310. The van der Waals surface area contributed by atoms with Crippen LogP contribution in [0.25, 0.3) is 0 Å². The van der Waals surface area contributed by atoms with Gasteiger partial charge in [0.05, 0.1) is 5.75 Å². The quantitative estimate of drug-likeness (QED) is 0.257. The molecule has 0 radical (unpaired) electrons. The molecule has 35 heavy (non-hydrogen) atoms. The number of amides is 2. The molecule has 3 aromatic rings. The molecular formula is C29H33FN2O2S. The van der Waals surface area contributed by atoms with E-state index in [4.69, 9.17) is 0 Å². The van der Waals surface area contributed by atoms with Gasteiger partial charge in [0.15, 0.2) is 0 Å². The molecule has 184 valence electrons. The number of carbonyl (C=O) groups excluding carboxylic acids is 2. The summed E-state index contributed by atoms with van der Waals surface area (Å²) in [7, 11) is 0. The second-order valence-electron chi connectivity index (χ2n) is 8.60. The standard InChI is InChI=1S/C29H33FN2O2S/c1-3-4-18-31-29(34)27(19-23-8-6-5-7-9-23)32(20-24-12-14-25(30)15-13-24)28(33)21-35-26-16-10-22(2)11-17-26/h5-17,27H,3-4,18-21H2,1-2H3,(H,31,34)/t27-/m0/s1. The van der Waals surface area contributed by atoms with Crippen molar-refractivity contribution in [1.82, 2.24) is 10.2 Å². The number of nitrogens with one attached hydrogen (secondary N) is 1. The van der Waals surface area contributed by atoms with E-state index in [1.165, 1.54) is 23.9 Å². The zero-order chi connectivity index (χ0) is 25.0. The molecule has 0 heterocycles. The van der Waals surface area contributed by atoms with Crippen LogP contribution in [0.1, 0.15) is 36.5 Å². The first-order chi connectivity index (χ1) is 17.0. The highest BCUT2D eigenvalue weighted by atomic mass is 32.2. The lowest BCUT2D eigenvalue weighted by Crippen LogP contribution is -2.51. The molecule has 4 nitrogen and oxygen atoms in total. The summed E-state index contributed by atoms with van der Waals surface area (Å²) in [5.74, 6) is -0.429. The lowest BCUT2D eigenvalue weighted by molar-refractivity contribution is -0.139. The van der Waals surface area contributed by atoms with Crippen molar-refractivity contribution in [3.05, 3.63) is 101 Å². The summed E-state index contributed by atoms with van der Waals surface area (Å²) in [5.41, 5.74) is 2.91. The Morgan fingerprint density at radius 2 is 1.63 bits per heavy atom. The predicted molar refractivity (Wildman–Crippen MR) is 141 cm³/mol. The summed E-state index contributed by atoms with van der Waals surface area (Å²) in [4.78, 5) is 29.6. The average Bonchev–Trinajstić information content (AvgIpc) is 2.87. The summed E-state index contributed by atoms with van der Waals surface area (Å²) in [6.45, 7) is 4.89. The minimum atomic E-state index is -0.676. The molecule has 0 aliphatic heterocycles. The third-order valence-electron chi connectivity index (χ3n) is 5.75. The number of nitrogens with zero attached hydrogens (tertiary/aromatic N) is 1. The van der Waals surface area contributed by atoms with Crippen molar-refractivity contribution < 1.29 is 14.0 Å². The number of aryl methyl sites for hydroxylation is 1. The molecule has 2 amide bonds. The maximum absolute atomic E-state index is 13.6. The van der Waals surface area contributed by atoms with E-state index in [2.05, 4.69) is 12.2 Å². The highest BCUT2D eigenvalue weighted by molar-refractivity contribution is 8.00. The Morgan fingerprint density at radius 1 is 0.943 bits per heavy atom. The van der Waals surface area contributed by atoms with Gasteiger partial charge in [-0.1, -0.05) is 73.5 Å². The highest BCUT2D eigenvalue weighted by Gasteiger charge is 2.30. The number of hydrogen-bond acceptors (Lipinski definition) is 3. The van der Waals surface area contributed by atoms with E-state index in [-0.39, 0.29) is 29.9 Å². The van der Waals surface area contributed by atoms with Crippen LogP contribution in [0.2, 0.25) is 0 Å². The topological polar surface area (TPSA) is 49.4 Å². The molecule has 6 heteroatoms. The molecule has 3 rings (SSSR count). The molecule has 0 aliphatic rings. The number of unbranched alkanes of at least 4 members (excludes halogenated alkanes) is 1. The Balaban J connectivity index is 1.86. The first-order valence-electron chi connectivity index (χ1n) is 12.0. The van der Waals surface area contributed by atoms with Crippen molar-refractivity contribution in [2.75, 3.05) is 12.3 Å². The Labute approximate surface area is 211 Å². The molecule has 0 aliphatic carbocycles. The lowest BCUT2D eigenvalue weighted by Gasteiger charge is -2.31. The molecule has 0 saturated heterocycles. The van der Waals surface area contributed by atoms with Crippen molar-refractivity contribution in [1.29, 1.82) is 0 Å². The van der Waals surface area contributed by atoms with Gasteiger partial charge in [-0.25, -0.2) is 4.39 Å². The van der Waals surface area contributed by atoms with E-state index >= 15 is 0 Å². The summed E-state index contributed by atoms with van der Waals surface area (Å²) in [5, 5.41) is 3.01. The Hall–Kier alpha value is -3.12. The predicted octanol–water partition coefficient (Wildman–Crippen LogP) is 5.78. The van der Waals surface area contributed by atoms with Crippen molar-refractivity contribution in [2.24, 2.45) is 0 Å². The Morgan fingerprint density at radius 3 is 2.29 bits per heavy atom. The van der Waals surface area contributed by atoms with Crippen LogP contribution in [0, 0.1) is 12.7 Å². The molecule has 0 unspecified atom stereocenters. The molecule has 0 aromatic heterocycles. The van der Waals surface area contributed by atoms with Crippen molar-refractivity contribution in [3.8, 4) is 0 Å². The molecular weight excluding hydrogens is 459 g/mol. The fourth-order valence-corrected chi connectivity index (χ4v) is 4.49. The number of carbonyl (C=O) groups is 2. The number of rotatable bonds is 12. The van der Waals surface area contributed by atoms with Gasteiger partial charge in [0.1, 0.15) is 11.9 Å². The van der Waals surface area contributed by atoms with Gasteiger partial charge in [0, 0.05) is 24.4 Å². The van der Waals surface area contributed by atoms with Crippen molar-refractivity contribution in [3.63, 3.8) is 0 Å². The summed E-state index contributed by atoms with van der Waals surface area (Å²) < 4.78 is 13.5. The number of hydrogen-bond donors (Lipinski definition) is 1. The van der Waals surface area contributed by atoms with E-state index < -0.39 is 6.04 Å². The van der Waals surface area contributed by atoms with Gasteiger partial charge < -0.3 is 10.2 Å². The number of halogens is 1. The van der Waals surface area contributed by atoms with Gasteiger partial charge in [-0.2, -0.15) is 0 Å². The summed E-state index contributed by atoms with van der Waals surface area (Å²) >= 11 is 1.45. The minimum absolute atomic E-state index is 0.133. The van der Waals surface area contributed by atoms with Crippen LogP contribution in [0.15, 0.2) is 83.8 Å². The second kappa shape index (κ2) is 13.7. The Bertz CT molecular complexity index is 1070. The third-order valence-corrected chi connectivity index (χ3v) is 6.75. The first kappa shape index (κ1) is 26.5. The molecule has 0 bridgehead atoms. The SMILES string of the molecule is CCCCNC(=O)[C@H](Cc1ccccc1)N(Cc1ccc(F)cc1)C(=O)CSc1ccc(C)cc1. The van der Waals surface area contributed by atoms with E-state index in [0.29, 0.717) is 13.0 Å². The monoisotopic (exact) mass is 492 g/mol. The van der Waals surface area contributed by atoms with Gasteiger partial charge in [0.25, 0.3) is 0 Å². The first-order valence-corrected chi connectivity index (χ1v) is 13.0. The maximum Gasteiger partial charge on any atom is 0.243 e. The fourth-order valence-electron chi connectivity index (χ4n) is 3.71. The van der Waals surface area contributed by atoms with Crippen molar-refractivity contribution in [2.45, 2.75) is 50.6 Å². The van der Waals surface area contributed by atoms with Gasteiger partial charge in [0.2, 0.25) is 11.8 Å². The van der Waals surface area contributed by atoms with Gasteiger partial charge in [-0.05, 0) is 48.7 Å². The van der Waals surface area contributed by atoms with E-state index in [1.807, 2.05) is 61.5 Å². The number of benzene rings is 3. The van der Waals surface area contributed by atoms with Crippen LogP contribution in [-0.2, 0) is 22.6 Å². The summed E-state index contributed by atoms with van der Waals surface area (Å²) in [6.07, 6.45) is 2.24. The largest absolute Gasteiger partial charge is 0.354 e. The van der Waals surface area contributed by atoms with Crippen LogP contribution in [0.4, 0.5) is 4.39 Å². The molecule has 1 N–H and O–H groups in total. The van der Waals surface area contributed by atoms with Crippen molar-refractivity contribution >= 4 is 23.6 Å². The summed E-state index contributed by atoms with van der Waals surface area (Å²) in [6, 6.07) is 23.2. The lowest BCUT2D eigenvalue weighted by atomic mass is 10.0. The number of thioether (sulfide) groups is 1. The molecule has 0 fully saturated rings. The Kier molecular flexibility index (Phi) is 10.4. The van der Waals surface area contributed by atoms with E-state index in [1.54, 1.807) is 17.0 Å². The van der Waals surface area contributed by atoms with Crippen LogP contribution >= 0.6 is 11.8 Å². The zero-order valence-corrected chi connectivity index (χ0v) is 21.2. The van der Waals surface area contributed by atoms with Crippen LogP contribution in [0.3, 0.4) is 0 Å². The minimum Gasteiger partial charge on any atom is -0.354 e. The second-order valence-corrected chi connectivity index (χ2v) is 9.65. The molecule has 3 aromatic carbocycles. The normalized spacial score (nSPS) is 11.6. The van der Waals surface area contributed by atoms with Gasteiger partial charge in [-0.3, -0.25) is 9.59 Å². The van der Waals surface area contributed by atoms with Gasteiger partial charge >= 0.3 is 0 Å². The maximum atomic E-state index is 13.6. The van der Waals surface area contributed by atoms with Crippen LogP contribution < -0.4 is 5.32 Å². The molecule has 1 atom stereocenters. The van der Waals surface area contributed by atoms with Gasteiger partial charge in [-0.15, -0.1) is 11.8 Å². The van der Waals surface area contributed by atoms with E-state index in [0.717, 1.165) is 34.4 Å². The van der Waals surface area contributed by atoms with Crippen LogP contribution in [-0.4, -0.2) is 35.1 Å². The smallest absolute Gasteiger partial charge is 0.243 e.